The van der Waals surface area contributed by atoms with Crippen molar-refractivity contribution in [3.63, 3.8) is 0 Å². The minimum absolute atomic E-state index is 0.195. The summed E-state index contributed by atoms with van der Waals surface area (Å²) >= 11 is 0. The number of amides is 3. The number of imide groups is 1. The molecule has 7 nitrogen and oxygen atoms in total. The molecule has 7 heteroatoms. The molecule has 154 valence electrons. The lowest BCUT2D eigenvalue weighted by Crippen LogP contribution is -2.64. The normalized spacial score (nSPS) is 23.5. The summed E-state index contributed by atoms with van der Waals surface area (Å²) in [6, 6.07) is 13.2. The second-order valence-corrected chi connectivity index (χ2v) is 8.03. The molecule has 3 aliphatic heterocycles. The van der Waals surface area contributed by atoms with Gasteiger partial charge in [-0.15, -0.1) is 0 Å². The SMILES string of the molecule is CCN1C2=NC3C(C(=O)N(Cc4cccc5ccccc45)C(=O)N3C)N2C(C)=C1C. The van der Waals surface area contributed by atoms with E-state index >= 15 is 0 Å². The number of rotatable bonds is 3. The summed E-state index contributed by atoms with van der Waals surface area (Å²) in [6.07, 6.45) is -0.499. The van der Waals surface area contributed by atoms with Gasteiger partial charge in [-0.25, -0.2) is 9.79 Å². The fourth-order valence-corrected chi connectivity index (χ4v) is 4.81. The molecule has 0 spiro atoms. The first kappa shape index (κ1) is 18.7. The third-order valence-corrected chi connectivity index (χ3v) is 6.53. The molecule has 2 aromatic carbocycles. The number of aliphatic imine (C=N–C) groups is 1. The average Bonchev–Trinajstić information content (AvgIpc) is 3.25. The van der Waals surface area contributed by atoms with E-state index in [1.807, 2.05) is 61.2 Å². The number of nitrogens with zero attached hydrogens (tertiary/aromatic N) is 5. The van der Waals surface area contributed by atoms with Crippen LogP contribution in [0.4, 0.5) is 4.79 Å². The maximum atomic E-state index is 13.6. The minimum atomic E-state index is -0.524. The van der Waals surface area contributed by atoms with Gasteiger partial charge in [-0.1, -0.05) is 42.5 Å². The number of hydrogen-bond donors (Lipinski definition) is 0. The van der Waals surface area contributed by atoms with Crippen LogP contribution in [0.25, 0.3) is 10.8 Å². The molecule has 5 rings (SSSR count). The van der Waals surface area contributed by atoms with Gasteiger partial charge in [-0.05, 0) is 37.1 Å². The molecule has 0 saturated carbocycles. The zero-order chi connectivity index (χ0) is 21.2. The fourth-order valence-electron chi connectivity index (χ4n) is 4.81. The first-order valence-electron chi connectivity index (χ1n) is 10.3. The zero-order valence-corrected chi connectivity index (χ0v) is 17.7. The Hall–Kier alpha value is -3.35. The summed E-state index contributed by atoms with van der Waals surface area (Å²) in [7, 11) is 1.73. The highest BCUT2D eigenvalue weighted by atomic mass is 16.2. The molecule has 2 aromatic rings. The van der Waals surface area contributed by atoms with Crippen LogP contribution in [-0.4, -0.2) is 63.3 Å². The molecular formula is C23H25N5O2. The first-order chi connectivity index (χ1) is 14.4. The van der Waals surface area contributed by atoms with Crippen LogP contribution >= 0.6 is 0 Å². The first-order valence-corrected chi connectivity index (χ1v) is 10.3. The van der Waals surface area contributed by atoms with E-state index in [1.54, 1.807) is 11.9 Å². The van der Waals surface area contributed by atoms with Crippen LogP contribution in [0.2, 0.25) is 0 Å². The van der Waals surface area contributed by atoms with E-state index in [1.165, 1.54) is 4.90 Å². The van der Waals surface area contributed by atoms with E-state index in [2.05, 4.69) is 11.8 Å². The largest absolute Gasteiger partial charge is 0.328 e. The third-order valence-electron chi connectivity index (χ3n) is 6.53. The van der Waals surface area contributed by atoms with Gasteiger partial charge in [0.05, 0.1) is 6.54 Å². The molecule has 3 aliphatic rings. The summed E-state index contributed by atoms with van der Waals surface area (Å²) in [6.45, 7) is 7.14. The van der Waals surface area contributed by atoms with Gasteiger partial charge >= 0.3 is 6.03 Å². The summed E-state index contributed by atoms with van der Waals surface area (Å²) in [5.41, 5.74) is 3.08. The summed E-state index contributed by atoms with van der Waals surface area (Å²) in [4.78, 5) is 38.6. The second-order valence-electron chi connectivity index (χ2n) is 8.03. The van der Waals surface area contributed by atoms with Gasteiger partial charge < -0.3 is 9.80 Å². The summed E-state index contributed by atoms with van der Waals surface area (Å²) in [5, 5.41) is 2.15. The van der Waals surface area contributed by atoms with Crippen molar-refractivity contribution in [2.45, 2.75) is 39.5 Å². The number of fused-ring (bicyclic) bond motifs is 4. The highest BCUT2D eigenvalue weighted by molar-refractivity contribution is 6.05. The topological polar surface area (TPSA) is 59.5 Å². The predicted molar refractivity (Wildman–Crippen MR) is 115 cm³/mol. The van der Waals surface area contributed by atoms with Crippen molar-refractivity contribution in [1.29, 1.82) is 0 Å². The van der Waals surface area contributed by atoms with E-state index in [9.17, 15) is 9.59 Å². The van der Waals surface area contributed by atoms with Crippen molar-refractivity contribution in [3.8, 4) is 0 Å². The highest BCUT2D eigenvalue weighted by Gasteiger charge is 2.55. The Bertz CT molecular complexity index is 1130. The minimum Gasteiger partial charge on any atom is -0.315 e. The lowest BCUT2D eigenvalue weighted by atomic mass is 10.0. The molecular weight excluding hydrogens is 378 g/mol. The Balaban J connectivity index is 1.53. The molecule has 0 aliphatic carbocycles. The Kier molecular flexibility index (Phi) is 4.10. The number of benzene rings is 2. The number of likely N-dealkylation sites (N-methyl/N-ethyl adjacent to an activating group) is 1. The van der Waals surface area contributed by atoms with Gasteiger partial charge in [0.15, 0.2) is 12.2 Å². The van der Waals surface area contributed by atoms with Crippen molar-refractivity contribution in [2.75, 3.05) is 13.6 Å². The Morgan fingerprint density at radius 2 is 1.70 bits per heavy atom. The van der Waals surface area contributed by atoms with Gasteiger partial charge in [0.25, 0.3) is 5.91 Å². The lowest BCUT2D eigenvalue weighted by molar-refractivity contribution is -0.137. The predicted octanol–water partition coefficient (Wildman–Crippen LogP) is 3.19. The van der Waals surface area contributed by atoms with E-state index in [0.29, 0.717) is 0 Å². The number of guanidine groups is 1. The Morgan fingerprint density at radius 1 is 0.967 bits per heavy atom. The monoisotopic (exact) mass is 403 g/mol. The molecule has 3 amide bonds. The smallest absolute Gasteiger partial charge is 0.315 e. The molecule has 2 unspecified atom stereocenters. The summed E-state index contributed by atoms with van der Waals surface area (Å²) in [5.74, 6) is 0.572. The van der Waals surface area contributed by atoms with Crippen LogP contribution < -0.4 is 0 Å². The quantitative estimate of drug-likeness (QED) is 0.790. The van der Waals surface area contributed by atoms with Crippen molar-refractivity contribution in [2.24, 2.45) is 4.99 Å². The van der Waals surface area contributed by atoms with Gasteiger partial charge in [0.2, 0.25) is 5.96 Å². The molecule has 0 radical (unpaired) electrons. The molecule has 0 N–H and O–H groups in total. The molecule has 0 aromatic heterocycles. The van der Waals surface area contributed by atoms with Crippen LogP contribution in [0.3, 0.4) is 0 Å². The van der Waals surface area contributed by atoms with Crippen LogP contribution in [0.1, 0.15) is 26.3 Å². The number of carbonyl (C=O) groups excluding carboxylic acids is 2. The zero-order valence-electron chi connectivity index (χ0n) is 17.7. The third kappa shape index (κ3) is 2.41. The maximum Gasteiger partial charge on any atom is 0.328 e. The van der Waals surface area contributed by atoms with E-state index < -0.39 is 12.2 Å². The van der Waals surface area contributed by atoms with Crippen LogP contribution in [0.15, 0.2) is 58.9 Å². The molecule has 3 heterocycles. The second kappa shape index (κ2) is 6.58. The molecule has 2 atom stereocenters. The van der Waals surface area contributed by atoms with E-state index in [-0.39, 0.29) is 18.5 Å². The van der Waals surface area contributed by atoms with Crippen LogP contribution in [0.5, 0.6) is 0 Å². The standard InChI is InChI=1S/C23H25N5O2/c1-5-26-14(2)15(3)28-19-20(24-22(26)28)25(4)23(30)27(21(19)29)13-17-11-8-10-16-9-6-7-12-18(16)17/h6-12,19-20H,5,13H2,1-4H3. The van der Waals surface area contributed by atoms with Gasteiger partial charge in [0.1, 0.15) is 0 Å². The van der Waals surface area contributed by atoms with Crippen molar-refractivity contribution < 1.29 is 9.59 Å². The Labute approximate surface area is 175 Å². The van der Waals surface area contributed by atoms with Gasteiger partial charge in [-0.2, -0.15) is 0 Å². The number of urea groups is 1. The van der Waals surface area contributed by atoms with Crippen molar-refractivity contribution >= 4 is 28.7 Å². The number of carbonyl (C=O) groups is 2. The number of hydrogen-bond acceptors (Lipinski definition) is 5. The molecule has 1 fully saturated rings. The number of allylic oxidation sites excluding steroid dienone is 2. The van der Waals surface area contributed by atoms with Gasteiger partial charge in [0, 0.05) is 25.0 Å². The lowest BCUT2D eigenvalue weighted by Gasteiger charge is -2.41. The Morgan fingerprint density at radius 3 is 2.47 bits per heavy atom. The average molecular weight is 403 g/mol. The summed E-state index contributed by atoms with van der Waals surface area (Å²) < 4.78 is 0. The molecule has 30 heavy (non-hydrogen) atoms. The van der Waals surface area contributed by atoms with E-state index in [0.717, 1.165) is 40.2 Å². The molecule has 1 saturated heterocycles. The van der Waals surface area contributed by atoms with Crippen molar-refractivity contribution in [1.82, 2.24) is 19.6 Å². The van der Waals surface area contributed by atoms with E-state index in [4.69, 9.17) is 4.99 Å². The van der Waals surface area contributed by atoms with Gasteiger partial charge in [-0.3, -0.25) is 14.6 Å². The maximum absolute atomic E-state index is 13.6. The van der Waals surface area contributed by atoms with Crippen molar-refractivity contribution in [3.05, 3.63) is 59.4 Å². The fraction of sp³-hybridized carbons (Fsp3) is 0.348. The van der Waals surface area contributed by atoms with Crippen LogP contribution in [0, 0.1) is 0 Å². The highest BCUT2D eigenvalue weighted by Crippen LogP contribution is 2.38. The molecule has 0 bridgehead atoms. The van der Waals surface area contributed by atoms with Crippen LogP contribution in [-0.2, 0) is 11.3 Å².